The molecule has 0 saturated carbocycles. The summed E-state index contributed by atoms with van der Waals surface area (Å²) in [5.41, 5.74) is 0.994. The Morgan fingerprint density at radius 3 is 2.92 bits per heavy atom. The number of likely N-dealkylation sites (tertiary alicyclic amines) is 1. The van der Waals surface area contributed by atoms with Gasteiger partial charge in [-0.25, -0.2) is 13.8 Å². The van der Waals surface area contributed by atoms with Crippen LogP contribution in [0.15, 0.2) is 47.8 Å². The second-order valence-corrected chi connectivity index (χ2v) is 10.4. The van der Waals surface area contributed by atoms with Crippen molar-refractivity contribution in [3.63, 3.8) is 0 Å². The first-order chi connectivity index (χ1) is 17.4. The lowest BCUT2D eigenvalue weighted by atomic mass is 9.81. The zero-order chi connectivity index (χ0) is 25.7. The summed E-state index contributed by atoms with van der Waals surface area (Å²) in [6, 6.07) is 7.94. The lowest BCUT2D eigenvalue weighted by Crippen LogP contribution is -2.44. The summed E-state index contributed by atoms with van der Waals surface area (Å²) in [6.45, 7) is 1.81. The molecular weight excluding hydrogens is 508 g/mol. The molecule has 1 N–H and O–H groups in total. The topological polar surface area (TPSA) is 75.5 Å². The number of ether oxygens (including phenoxy) is 1. The van der Waals surface area contributed by atoms with Crippen LogP contribution in [0.5, 0.6) is 5.75 Å². The Morgan fingerprint density at radius 1 is 1.33 bits per heavy atom. The molecule has 0 aliphatic carbocycles. The number of alkyl halides is 1. The second-order valence-electron chi connectivity index (χ2n) is 8.90. The molecule has 0 spiro atoms. The number of aromatic nitrogens is 2. The Labute approximate surface area is 218 Å². The lowest BCUT2D eigenvalue weighted by Gasteiger charge is -2.36. The first kappa shape index (κ1) is 26.6. The molecule has 192 valence electrons. The summed E-state index contributed by atoms with van der Waals surface area (Å²) in [6.07, 6.45) is 2.82. The average Bonchev–Trinajstić information content (AvgIpc) is 2.87. The second kappa shape index (κ2) is 12.2. The van der Waals surface area contributed by atoms with Crippen molar-refractivity contribution >= 4 is 40.2 Å². The zero-order valence-electron chi connectivity index (χ0n) is 19.9. The van der Waals surface area contributed by atoms with Crippen molar-refractivity contribution in [3.05, 3.63) is 59.1 Å². The normalized spacial score (nSPS) is 19.3. The number of thioether (sulfide) groups is 1. The molecule has 36 heavy (non-hydrogen) atoms. The number of carbonyl (C=O) groups is 1. The molecule has 0 radical (unpaired) electrons. The predicted octanol–water partition coefficient (Wildman–Crippen LogP) is 6.04. The molecular formula is C26H28ClF2N3O3S. The van der Waals surface area contributed by atoms with E-state index in [1.165, 1.54) is 36.3 Å². The lowest BCUT2D eigenvalue weighted by molar-refractivity contribution is -0.146. The summed E-state index contributed by atoms with van der Waals surface area (Å²) in [7, 11) is 1.54. The van der Waals surface area contributed by atoms with Crippen molar-refractivity contribution in [1.29, 1.82) is 0 Å². The molecule has 3 unspecified atom stereocenters. The number of halogens is 3. The molecule has 2 aromatic heterocycles. The fourth-order valence-electron chi connectivity index (χ4n) is 4.76. The van der Waals surface area contributed by atoms with Crippen LogP contribution in [-0.4, -0.2) is 58.4 Å². The number of piperidine rings is 1. The number of rotatable bonds is 10. The molecule has 3 heterocycles. The van der Waals surface area contributed by atoms with E-state index >= 15 is 4.39 Å². The van der Waals surface area contributed by atoms with Crippen LogP contribution in [0.2, 0.25) is 5.02 Å². The molecule has 0 bridgehead atoms. The van der Waals surface area contributed by atoms with E-state index in [2.05, 4.69) is 14.9 Å². The SMILES string of the molecule is COc1ccc2ncc(Cl)c(C(F)CCC3CCN(CCSc4cc(F)ccn4)CC3C(=O)O)c2c1. The Kier molecular flexibility index (Phi) is 8.98. The highest BCUT2D eigenvalue weighted by Crippen LogP contribution is 2.38. The summed E-state index contributed by atoms with van der Waals surface area (Å²) < 4.78 is 34.1. The number of aliphatic carboxylic acids is 1. The Hall–Kier alpha value is -2.49. The van der Waals surface area contributed by atoms with Crippen LogP contribution in [0.1, 0.15) is 31.0 Å². The van der Waals surface area contributed by atoms with Crippen molar-refractivity contribution in [2.75, 3.05) is 32.5 Å². The van der Waals surface area contributed by atoms with Gasteiger partial charge in [-0.1, -0.05) is 11.6 Å². The maximum atomic E-state index is 15.5. The third kappa shape index (κ3) is 6.44. The van der Waals surface area contributed by atoms with Gasteiger partial charge in [-0.2, -0.15) is 0 Å². The van der Waals surface area contributed by atoms with Crippen LogP contribution in [0, 0.1) is 17.7 Å². The third-order valence-corrected chi connectivity index (χ3v) is 7.89. The summed E-state index contributed by atoms with van der Waals surface area (Å²) in [5.74, 6) is -0.632. The Balaban J connectivity index is 1.36. The summed E-state index contributed by atoms with van der Waals surface area (Å²) in [4.78, 5) is 22.6. The van der Waals surface area contributed by atoms with Crippen molar-refractivity contribution in [1.82, 2.24) is 14.9 Å². The molecule has 1 fully saturated rings. The average molecular weight is 536 g/mol. The maximum Gasteiger partial charge on any atom is 0.308 e. The number of carboxylic acid groups (broad SMARTS) is 1. The highest BCUT2D eigenvalue weighted by molar-refractivity contribution is 7.99. The molecule has 3 atom stereocenters. The predicted molar refractivity (Wildman–Crippen MR) is 137 cm³/mol. The Bertz CT molecular complexity index is 1220. The van der Waals surface area contributed by atoms with E-state index in [0.717, 1.165) is 6.54 Å². The highest BCUT2D eigenvalue weighted by atomic mass is 35.5. The van der Waals surface area contributed by atoms with Crippen LogP contribution in [0.25, 0.3) is 10.9 Å². The van der Waals surface area contributed by atoms with Gasteiger partial charge in [0.1, 0.15) is 17.7 Å². The van der Waals surface area contributed by atoms with Gasteiger partial charge in [-0.05, 0) is 56.0 Å². The molecule has 0 amide bonds. The van der Waals surface area contributed by atoms with Gasteiger partial charge in [0.2, 0.25) is 0 Å². The Morgan fingerprint density at radius 2 is 2.17 bits per heavy atom. The standard InChI is InChI=1S/C26H28ClF2N3O3S/c1-35-18-3-5-23-19(13-18)25(21(27)14-31-23)22(29)4-2-16-7-9-32(15-20(16)26(33)34)10-11-36-24-12-17(28)6-8-30-24/h3,5-6,8,12-14,16,20,22H,2,4,7,9-11,15H2,1H3,(H,33,34). The highest BCUT2D eigenvalue weighted by Gasteiger charge is 2.34. The van der Waals surface area contributed by atoms with Gasteiger partial charge >= 0.3 is 5.97 Å². The van der Waals surface area contributed by atoms with E-state index in [-0.39, 0.29) is 23.2 Å². The fraction of sp³-hybridized carbons (Fsp3) is 0.423. The van der Waals surface area contributed by atoms with Crippen LogP contribution < -0.4 is 4.74 Å². The van der Waals surface area contributed by atoms with Crippen molar-refractivity contribution < 1.29 is 23.4 Å². The number of hydrogen-bond donors (Lipinski definition) is 1. The number of benzene rings is 1. The molecule has 3 aromatic rings. The van der Waals surface area contributed by atoms with Gasteiger partial charge in [-0.3, -0.25) is 9.78 Å². The van der Waals surface area contributed by atoms with Crippen LogP contribution in [-0.2, 0) is 4.79 Å². The minimum absolute atomic E-state index is 0.129. The first-order valence-electron chi connectivity index (χ1n) is 11.8. The van der Waals surface area contributed by atoms with Crippen LogP contribution >= 0.6 is 23.4 Å². The quantitative estimate of drug-likeness (QED) is 0.317. The van der Waals surface area contributed by atoms with Crippen molar-refractivity contribution in [2.24, 2.45) is 11.8 Å². The number of carboxylic acids is 1. The van der Waals surface area contributed by atoms with E-state index in [1.807, 2.05) is 0 Å². The number of fused-ring (bicyclic) bond motifs is 1. The number of hydrogen-bond acceptors (Lipinski definition) is 6. The molecule has 10 heteroatoms. The van der Waals surface area contributed by atoms with E-state index in [4.69, 9.17) is 16.3 Å². The molecule has 6 nitrogen and oxygen atoms in total. The number of nitrogens with zero attached hydrogens (tertiary/aromatic N) is 3. The van der Waals surface area contributed by atoms with Gasteiger partial charge in [0.05, 0.1) is 28.6 Å². The number of methoxy groups -OCH3 is 1. The number of pyridine rings is 2. The summed E-state index contributed by atoms with van der Waals surface area (Å²) >= 11 is 7.78. The van der Waals surface area contributed by atoms with Crippen LogP contribution in [0.3, 0.4) is 0 Å². The van der Waals surface area contributed by atoms with Crippen molar-refractivity contribution in [3.8, 4) is 5.75 Å². The minimum Gasteiger partial charge on any atom is -0.497 e. The van der Waals surface area contributed by atoms with Gasteiger partial charge in [0, 0.05) is 48.3 Å². The van der Waals surface area contributed by atoms with Crippen molar-refractivity contribution in [2.45, 2.75) is 30.5 Å². The zero-order valence-corrected chi connectivity index (χ0v) is 21.4. The third-order valence-electron chi connectivity index (χ3n) is 6.68. The van der Waals surface area contributed by atoms with Gasteiger partial charge in [0.15, 0.2) is 0 Å². The summed E-state index contributed by atoms with van der Waals surface area (Å²) in [5, 5.41) is 11.3. The smallest absolute Gasteiger partial charge is 0.308 e. The van der Waals surface area contributed by atoms with Gasteiger partial charge in [-0.15, -0.1) is 11.8 Å². The molecule has 4 rings (SSSR count). The minimum atomic E-state index is -1.35. The van der Waals surface area contributed by atoms with E-state index in [0.29, 0.717) is 58.9 Å². The molecule has 1 aliphatic heterocycles. The van der Waals surface area contributed by atoms with Gasteiger partial charge in [0.25, 0.3) is 0 Å². The van der Waals surface area contributed by atoms with Gasteiger partial charge < -0.3 is 14.7 Å². The molecule has 1 aromatic carbocycles. The van der Waals surface area contributed by atoms with Crippen LogP contribution in [0.4, 0.5) is 8.78 Å². The van der Waals surface area contributed by atoms with E-state index < -0.39 is 18.1 Å². The first-order valence-corrected chi connectivity index (χ1v) is 13.2. The monoisotopic (exact) mass is 535 g/mol. The fourth-order valence-corrected chi connectivity index (χ4v) is 5.92. The largest absolute Gasteiger partial charge is 0.497 e. The maximum absolute atomic E-state index is 15.5. The molecule has 1 aliphatic rings. The van der Waals surface area contributed by atoms with E-state index in [1.54, 1.807) is 25.3 Å². The van der Waals surface area contributed by atoms with E-state index in [9.17, 15) is 14.3 Å². The molecule has 1 saturated heterocycles.